The van der Waals surface area contributed by atoms with Crippen LogP contribution in [0.1, 0.15) is 10.4 Å². The minimum Gasteiger partial charge on any atom is -0.478 e. The number of aromatic nitrogens is 2. The number of aromatic carboxylic acids is 1. The fourth-order valence-corrected chi connectivity index (χ4v) is 3.55. The average molecular weight is 396 g/mol. The van der Waals surface area contributed by atoms with Crippen molar-refractivity contribution in [2.45, 2.75) is 4.90 Å². The summed E-state index contributed by atoms with van der Waals surface area (Å²) in [5.41, 5.74) is 0.106. The molecule has 0 saturated carbocycles. The van der Waals surface area contributed by atoms with Gasteiger partial charge in [-0.3, -0.25) is 4.72 Å². The first-order chi connectivity index (χ1) is 12.3. The number of hydrogen-bond donors (Lipinski definition) is 2. The molecule has 1 aromatic heterocycles. The van der Waals surface area contributed by atoms with Crippen LogP contribution in [0.25, 0.3) is 5.69 Å². The molecule has 0 radical (unpaired) electrons. The van der Waals surface area contributed by atoms with Crippen molar-refractivity contribution in [3.8, 4) is 5.69 Å². The molecular formula is C16H11ClFN3O4S. The maximum atomic E-state index is 14.1. The van der Waals surface area contributed by atoms with E-state index in [1.807, 2.05) is 0 Å². The molecule has 0 aliphatic heterocycles. The van der Waals surface area contributed by atoms with Gasteiger partial charge in [0.15, 0.2) is 0 Å². The second-order valence-corrected chi connectivity index (χ2v) is 7.26. The van der Waals surface area contributed by atoms with Crippen molar-refractivity contribution in [2.75, 3.05) is 4.72 Å². The van der Waals surface area contributed by atoms with E-state index in [9.17, 15) is 17.6 Å². The van der Waals surface area contributed by atoms with Gasteiger partial charge in [-0.05, 0) is 42.5 Å². The Balaban J connectivity index is 2.03. The van der Waals surface area contributed by atoms with Crippen LogP contribution >= 0.6 is 11.6 Å². The van der Waals surface area contributed by atoms with Gasteiger partial charge in [-0.25, -0.2) is 22.3 Å². The van der Waals surface area contributed by atoms with Crippen molar-refractivity contribution in [2.24, 2.45) is 0 Å². The number of carboxylic acids is 1. The highest BCUT2D eigenvalue weighted by Crippen LogP contribution is 2.27. The highest BCUT2D eigenvalue weighted by atomic mass is 35.5. The fourth-order valence-electron chi connectivity index (χ4n) is 2.25. The lowest BCUT2D eigenvalue weighted by atomic mass is 10.2. The second kappa shape index (κ2) is 6.77. The molecular weight excluding hydrogens is 385 g/mol. The van der Waals surface area contributed by atoms with E-state index in [2.05, 4.69) is 9.82 Å². The highest BCUT2D eigenvalue weighted by molar-refractivity contribution is 7.92. The number of carboxylic acid groups (broad SMARTS) is 1. The van der Waals surface area contributed by atoms with Gasteiger partial charge in [-0.2, -0.15) is 5.10 Å². The van der Waals surface area contributed by atoms with Gasteiger partial charge >= 0.3 is 5.97 Å². The normalized spacial score (nSPS) is 11.3. The van der Waals surface area contributed by atoms with Gasteiger partial charge < -0.3 is 5.11 Å². The van der Waals surface area contributed by atoms with E-state index in [1.54, 1.807) is 24.4 Å². The van der Waals surface area contributed by atoms with Crippen molar-refractivity contribution < 1.29 is 22.7 Å². The van der Waals surface area contributed by atoms with Crippen molar-refractivity contribution in [1.82, 2.24) is 9.78 Å². The number of nitrogens with one attached hydrogen (secondary N) is 1. The van der Waals surface area contributed by atoms with Gasteiger partial charge in [-0.15, -0.1) is 0 Å². The number of halogens is 2. The van der Waals surface area contributed by atoms with E-state index >= 15 is 0 Å². The fraction of sp³-hybridized carbons (Fsp3) is 0. The van der Waals surface area contributed by atoms with Gasteiger partial charge in [-0.1, -0.05) is 11.6 Å². The quantitative estimate of drug-likeness (QED) is 0.691. The van der Waals surface area contributed by atoms with Gasteiger partial charge in [0.25, 0.3) is 10.0 Å². The molecule has 0 fully saturated rings. The summed E-state index contributed by atoms with van der Waals surface area (Å²) < 4.78 is 42.9. The van der Waals surface area contributed by atoms with Crippen molar-refractivity contribution >= 4 is 33.3 Å². The molecule has 0 aliphatic rings. The Morgan fingerprint density at radius 3 is 2.62 bits per heavy atom. The summed E-state index contributed by atoms with van der Waals surface area (Å²) in [7, 11) is -4.33. The van der Waals surface area contributed by atoms with Crippen LogP contribution in [0.3, 0.4) is 0 Å². The molecule has 3 aromatic rings. The van der Waals surface area contributed by atoms with E-state index in [0.29, 0.717) is 11.8 Å². The number of nitrogens with zero attached hydrogens (tertiary/aromatic N) is 2. The molecule has 7 nitrogen and oxygen atoms in total. The average Bonchev–Trinajstić information content (AvgIpc) is 3.08. The molecule has 0 spiro atoms. The zero-order valence-electron chi connectivity index (χ0n) is 12.9. The van der Waals surface area contributed by atoms with E-state index in [1.165, 1.54) is 16.9 Å². The SMILES string of the molecule is O=C(O)c1ccc(S(=O)(=O)Nc2cc(Cl)ccc2-n2cccn2)c(F)c1. The minimum atomic E-state index is -4.33. The molecule has 0 saturated heterocycles. The van der Waals surface area contributed by atoms with E-state index in [4.69, 9.17) is 16.7 Å². The second-order valence-electron chi connectivity index (χ2n) is 5.17. The number of benzene rings is 2. The number of sulfonamides is 1. The number of hydrogen-bond acceptors (Lipinski definition) is 4. The topological polar surface area (TPSA) is 101 Å². The Kier molecular flexibility index (Phi) is 4.66. The molecule has 134 valence electrons. The molecule has 0 aliphatic carbocycles. The van der Waals surface area contributed by atoms with Crippen molar-refractivity contribution in [3.05, 3.63) is 71.3 Å². The Morgan fingerprint density at radius 1 is 1.23 bits per heavy atom. The van der Waals surface area contributed by atoms with Crippen molar-refractivity contribution in [1.29, 1.82) is 0 Å². The lowest BCUT2D eigenvalue weighted by Gasteiger charge is -2.14. The first-order valence-corrected chi connectivity index (χ1v) is 8.99. The largest absolute Gasteiger partial charge is 0.478 e. The third kappa shape index (κ3) is 3.53. The van der Waals surface area contributed by atoms with Crippen LogP contribution < -0.4 is 4.72 Å². The van der Waals surface area contributed by atoms with E-state index < -0.39 is 26.7 Å². The monoisotopic (exact) mass is 395 g/mol. The molecule has 2 aromatic carbocycles. The molecule has 0 atom stereocenters. The molecule has 10 heteroatoms. The lowest BCUT2D eigenvalue weighted by molar-refractivity contribution is 0.0696. The summed E-state index contributed by atoms with van der Waals surface area (Å²) in [4.78, 5) is 10.2. The number of rotatable bonds is 5. The van der Waals surface area contributed by atoms with Gasteiger partial charge in [0.2, 0.25) is 0 Å². The predicted molar refractivity (Wildman–Crippen MR) is 92.7 cm³/mol. The lowest BCUT2D eigenvalue weighted by Crippen LogP contribution is -2.16. The Labute approximate surface area is 152 Å². The van der Waals surface area contributed by atoms with E-state index in [-0.39, 0.29) is 16.3 Å². The highest BCUT2D eigenvalue weighted by Gasteiger charge is 2.22. The van der Waals surface area contributed by atoms with E-state index in [0.717, 1.165) is 12.1 Å². The van der Waals surface area contributed by atoms with Crippen molar-refractivity contribution in [3.63, 3.8) is 0 Å². The molecule has 0 amide bonds. The summed E-state index contributed by atoms with van der Waals surface area (Å²) in [6.45, 7) is 0. The van der Waals surface area contributed by atoms with Gasteiger partial charge in [0.05, 0.1) is 16.9 Å². The van der Waals surface area contributed by atoms with Crippen LogP contribution in [0.4, 0.5) is 10.1 Å². The third-order valence-electron chi connectivity index (χ3n) is 3.42. The first kappa shape index (κ1) is 17.9. The van der Waals surface area contributed by atoms with Gasteiger partial charge in [0, 0.05) is 17.4 Å². The van der Waals surface area contributed by atoms with Crippen LogP contribution in [-0.2, 0) is 10.0 Å². The van der Waals surface area contributed by atoms with Gasteiger partial charge in [0.1, 0.15) is 10.7 Å². The summed E-state index contributed by atoms with van der Waals surface area (Å²) in [5.74, 6) is -2.54. The van der Waals surface area contributed by atoms with Crippen LogP contribution in [0.2, 0.25) is 5.02 Å². The summed E-state index contributed by atoms with van der Waals surface area (Å²) in [5, 5.41) is 13.1. The third-order valence-corrected chi connectivity index (χ3v) is 5.06. The van der Waals surface area contributed by atoms with Crippen LogP contribution in [0.15, 0.2) is 59.8 Å². The molecule has 0 bridgehead atoms. The maximum absolute atomic E-state index is 14.1. The van der Waals surface area contributed by atoms with Crippen LogP contribution in [-0.4, -0.2) is 29.3 Å². The zero-order chi connectivity index (χ0) is 18.9. The molecule has 0 unspecified atom stereocenters. The molecule has 1 heterocycles. The number of anilines is 1. The minimum absolute atomic E-state index is 0.0860. The molecule has 26 heavy (non-hydrogen) atoms. The summed E-state index contributed by atoms with van der Waals surface area (Å²) in [6.07, 6.45) is 3.11. The smallest absolute Gasteiger partial charge is 0.335 e. The predicted octanol–water partition coefficient (Wildman–Crippen LogP) is 3.16. The number of carbonyl (C=O) groups is 1. The summed E-state index contributed by atoms with van der Waals surface area (Å²) in [6, 6.07) is 8.65. The summed E-state index contributed by atoms with van der Waals surface area (Å²) >= 11 is 5.94. The first-order valence-electron chi connectivity index (χ1n) is 7.13. The van der Waals surface area contributed by atoms with Crippen LogP contribution in [0, 0.1) is 5.82 Å². The van der Waals surface area contributed by atoms with Crippen LogP contribution in [0.5, 0.6) is 0 Å². The Bertz CT molecular complexity index is 1080. The molecule has 3 rings (SSSR count). The Hall–Kier alpha value is -2.91. The molecule has 2 N–H and O–H groups in total. The Morgan fingerprint density at radius 2 is 2.00 bits per heavy atom. The zero-order valence-corrected chi connectivity index (χ0v) is 14.5. The standard InChI is InChI=1S/C16H11ClFN3O4S/c17-11-3-4-14(21-7-1-6-19-21)13(9-11)20-26(24,25)15-5-2-10(16(22)23)8-12(15)18/h1-9,20H,(H,22,23). The maximum Gasteiger partial charge on any atom is 0.335 e.